The summed E-state index contributed by atoms with van der Waals surface area (Å²) in [6.45, 7) is 8.45. The van der Waals surface area contributed by atoms with Crippen molar-refractivity contribution in [3.63, 3.8) is 0 Å². The number of carbonyl (C=O) groups excluding carboxylic acids is 1. The molecule has 0 aliphatic rings. The zero-order valence-corrected chi connectivity index (χ0v) is 14.2. The average Bonchev–Trinajstić information content (AvgIpc) is 2.66. The molecule has 0 aliphatic carbocycles. The first kappa shape index (κ1) is 17.7. The second-order valence-electron chi connectivity index (χ2n) is 7.23. The summed E-state index contributed by atoms with van der Waals surface area (Å²) in [7, 11) is 5.57. The number of rotatable bonds is 5. The largest absolute Gasteiger partial charge is 0.387 e. The van der Waals surface area contributed by atoms with E-state index < -0.39 is 5.60 Å². The molecule has 1 rings (SSSR count). The molecule has 2 N–H and O–H groups in total. The summed E-state index contributed by atoms with van der Waals surface area (Å²) in [4.78, 5) is 14.3. The minimum Gasteiger partial charge on any atom is -0.387 e. The lowest BCUT2D eigenvalue weighted by atomic mass is 9.89. The quantitative estimate of drug-likeness (QED) is 0.841. The Hall–Kier alpha value is -1.40. The first-order valence-electron chi connectivity index (χ1n) is 7.12. The average molecular weight is 296 g/mol. The molecule has 1 atom stereocenters. The summed E-state index contributed by atoms with van der Waals surface area (Å²) in [5.74, 6) is -0.202. The molecule has 0 saturated carbocycles. The van der Waals surface area contributed by atoms with Gasteiger partial charge in [-0.25, -0.2) is 0 Å². The predicted octanol–water partition coefficient (Wildman–Crippen LogP) is 0.760. The Bertz CT molecular complexity index is 498. The molecule has 1 unspecified atom stereocenters. The van der Waals surface area contributed by atoms with Gasteiger partial charge in [-0.15, -0.1) is 0 Å². The van der Waals surface area contributed by atoms with Gasteiger partial charge in [-0.2, -0.15) is 5.10 Å². The van der Waals surface area contributed by atoms with E-state index in [2.05, 4.69) is 10.4 Å². The molecule has 1 heterocycles. The van der Waals surface area contributed by atoms with Gasteiger partial charge in [0, 0.05) is 31.7 Å². The van der Waals surface area contributed by atoms with Crippen molar-refractivity contribution in [2.75, 3.05) is 27.2 Å². The monoisotopic (exact) mass is 296 g/mol. The summed E-state index contributed by atoms with van der Waals surface area (Å²) in [6.07, 6.45) is 1.72. The molecule has 0 aromatic carbocycles. The number of likely N-dealkylation sites (N-methyl/N-ethyl adjacent to an activating group) is 1. The standard InChI is InChI=1S/C15H28N4O2/c1-14(2,3)12-11(8-19(7)17-12)13(20)16-9-15(4,21)10-18(5)6/h8,21H,9-10H2,1-7H3,(H,16,20). The summed E-state index contributed by atoms with van der Waals surface area (Å²) in [5.41, 5.74) is 0.143. The van der Waals surface area contributed by atoms with Gasteiger partial charge in [-0.3, -0.25) is 9.48 Å². The van der Waals surface area contributed by atoms with E-state index in [1.54, 1.807) is 24.9 Å². The molecule has 6 heteroatoms. The Labute approximate surface area is 127 Å². The van der Waals surface area contributed by atoms with Crippen molar-refractivity contribution in [3.05, 3.63) is 17.5 Å². The molecule has 0 fully saturated rings. The molecule has 0 bridgehead atoms. The van der Waals surface area contributed by atoms with Crippen LogP contribution in [0.1, 0.15) is 43.7 Å². The van der Waals surface area contributed by atoms with E-state index in [-0.39, 0.29) is 17.9 Å². The number of aliphatic hydroxyl groups is 1. The van der Waals surface area contributed by atoms with Crippen molar-refractivity contribution in [3.8, 4) is 0 Å². The van der Waals surface area contributed by atoms with Crippen molar-refractivity contribution in [2.45, 2.75) is 38.7 Å². The van der Waals surface area contributed by atoms with E-state index in [1.165, 1.54) is 0 Å². The first-order chi connectivity index (χ1) is 9.42. The van der Waals surface area contributed by atoms with E-state index in [0.717, 1.165) is 5.69 Å². The maximum absolute atomic E-state index is 12.4. The number of hydrogen-bond acceptors (Lipinski definition) is 4. The smallest absolute Gasteiger partial charge is 0.254 e. The molecule has 0 aliphatic heterocycles. The molecule has 120 valence electrons. The number of carbonyl (C=O) groups is 1. The van der Waals surface area contributed by atoms with Gasteiger partial charge in [0.15, 0.2) is 0 Å². The molecule has 1 amide bonds. The maximum atomic E-state index is 12.4. The highest BCUT2D eigenvalue weighted by Gasteiger charge is 2.27. The van der Waals surface area contributed by atoms with Crippen LogP contribution in [-0.4, -0.2) is 58.5 Å². The highest BCUT2D eigenvalue weighted by molar-refractivity contribution is 5.95. The van der Waals surface area contributed by atoms with Crippen LogP contribution in [0, 0.1) is 0 Å². The minimum atomic E-state index is -0.969. The van der Waals surface area contributed by atoms with Crippen molar-refractivity contribution in [1.29, 1.82) is 0 Å². The van der Waals surface area contributed by atoms with E-state index in [9.17, 15) is 9.90 Å². The Morgan fingerprint density at radius 2 is 1.95 bits per heavy atom. The third-order valence-electron chi connectivity index (χ3n) is 3.07. The van der Waals surface area contributed by atoms with E-state index in [0.29, 0.717) is 12.1 Å². The predicted molar refractivity (Wildman–Crippen MR) is 83.4 cm³/mol. The summed E-state index contributed by atoms with van der Waals surface area (Å²) < 4.78 is 1.65. The van der Waals surface area contributed by atoms with Gasteiger partial charge in [-0.05, 0) is 21.0 Å². The van der Waals surface area contributed by atoms with Crippen LogP contribution in [0.15, 0.2) is 6.20 Å². The van der Waals surface area contributed by atoms with Crippen LogP contribution in [0.5, 0.6) is 0 Å². The zero-order valence-electron chi connectivity index (χ0n) is 14.2. The summed E-state index contributed by atoms with van der Waals surface area (Å²) in [6, 6.07) is 0. The van der Waals surface area contributed by atoms with E-state index >= 15 is 0 Å². The Balaban J connectivity index is 2.82. The van der Waals surface area contributed by atoms with E-state index in [1.807, 2.05) is 39.8 Å². The van der Waals surface area contributed by atoms with Crippen molar-refractivity contribution < 1.29 is 9.90 Å². The third-order valence-corrected chi connectivity index (χ3v) is 3.07. The molecule has 1 aromatic heterocycles. The highest BCUT2D eigenvalue weighted by Crippen LogP contribution is 2.24. The fourth-order valence-corrected chi connectivity index (χ4v) is 2.31. The molecule has 1 aromatic rings. The Kier molecular flexibility index (Phi) is 5.17. The SMILES string of the molecule is CN(C)CC(C)(O)CNC(=O)c1cn(C)nc1C(C)(C)C. The van der Waals surface area contributed by atoms with Gasteiger partial charge in [0.2, 0.25) is 0 Å². The second kappa shape index (κ2) is 6.15. The van der Waals surface area contributed by atoms with Gasteiger partial charge in [0.1, 0.15) is 0 Å². The number of nitrogens with one attached hydrogen (secondary N) is 1. The van der Waals surface area contributed by atoms with Gasteiger partial charge in [0.25, 0.3) is 5.91 Å². The number of nitrogens with zero attached hydrogens (tertiary/aromatic N) is 3. The highest BCUT2D eigenvalue weighted by atomic mass is 16.3. The van der Waals surface area contributed by atoms with Crippen LogP contribution in [0.4, 0.5) is 0 Å². The maximum Gasteiger partial charge on any atom is 0.254 e. The second-order valence-corrected chi connectivity index (χ2v) is 7.23. The summed E-state index contributed by atoms with van der Waals surface area (Å²) >= 11 is 0. The fraction of sp³-hybridized carbons (Fsp3) is 0.733. The molecule has 6 nitrogen and oxygen atoms in total. The molecule has 0 spiro atoms. The van der Waals surface area contributed by atoms with Crippen molar-refractivity contribution in [1.82, 2.24) is 20.0 Å². The molecular weight excluding hydrogens is 268 g/mol. The number of aromatic nitrogens is 2. The van der Waals surface area contributed by atoms with Crippen LogP contribution >= 0.6 is 0 Å². The number of hydrogen-bond donors (Lipinski definition) is 2. The van der Waals surface area contributed by atoms with Crippen molar-refractivity contribution in [2.24, 2.45) is 7.05 Å². The van der Waals surface area contributed by atoms with Crippen LogP contribution in [0.2, 0.25) is 0 Å². The lowest BCUT2D eigenvalue weighted by Gasteiger charge is -2.27. The third kappa shape index (κ3) is 5.13. The van der Waals surface area contributed by atoms with Crippen molar-refractivity contribution >= 4 is 5.91 Å². The van der Waals surface area contributed by atoms with Crippen LogP contribution in [0.3, 0.4) is 0 Å². The first-order valence-corrected chi connectivity index (χ1v) is 7.12. The van der Waals surface area contributed by atoms with E-state index in [4.69, 9.17) is 0 Å². The van der Waals surface area contributed by atoms with Gasteiger partial charge < -0.3 is 15.3 Å². The number of amides is 1. The number of aryl methyl sites for hydroxylation is 1. The minimum absolute atomic E-state index is 0.197. The van der Waals surface area contributed by atoms with Gasteiger partial charge >= 0.3 is 0 Å². The Morgan fingerprint density at radius 3 is 2.43 bits per heavy atom. The zero-order chi connectivity index (χ0) is 16.4. The lowest BCUT2D eigenvalue weighted by molar-refractivity contribution is 0.0325. The molecule has 21 heavy (non-hydrogen) atoms. The Morgan fingerprint density at radius 1 is 1.38 bits per heavy atom. The van der Waals surface area contributed by atoms with Gasteiger partial charge in [0.05, 0.1) is 16.9 Å². The van der Waals surface area contributed by atoms with Crippen LogP contribution in [0.25, 0.3) is 0 Å². The summed E-state index contributed by atoms with van der Waals surface area (Å²) in [5, 5.41) is 17.4. The molecule has 0 radical (unpaired) electrons. The normalized spacial score (nSPS) is 15.1. The van der Waals surface area contributed by atoms with Crippen LogP contribution < -0.4 is 5.32 Å². The molecule has 0 saturated heterocycles. The van der Waals surface area contributed by atoms with Gasteiger partial charge in [-0.1, -0.05) is 20.8 Å². The fourth-order valence-electron chi connectivity index (χ4n) is 2.31. The lowest BCUT2D eigenvalue weighted by Crippen LogP contribution is -2.47. The molecular formula is C15H28N4O2. The topological polar surface area (TPSA) is 70.4 Å². The van der Waals surface area contributed by atoms with Crippen LogP contribution in [-0.2, 0) is 12.5 Å².